The van der Waals surface area contributed by atoms with Crippen molar-refractivity contribution in [2.75, 3.05) is 4.90 Å². The third-order valence-electron chi connectivity index (χ3n) is 3.30. The zero-order valence-electron chi connectivity index (χ0n) is 11.3. The lowest BCUT2D eigenvalue weighted by molar-refractivity contribution is 0.509. The van der Waals surface area contributed by atoms with E-state index in [1.54, 1.807) is 6.07 Å². The Bertz CT molecular complexity index is 994. The molecule has 23 heavy (non-hydrogen) atoms. The number of allylic oxidation sites excluding steroid dienone is 1. The average Bonchev–Trinajstić information content (AvgIpc) is 2.50. The summed E-state index contributed by atoms with van der Waals surface area (Å²) in [5.74, 6) is -2.94. The normalized spacial score (nSPS) is 15.6. The Morgan fingerprint density at radius 2 is 1.74 bits per heavy atom. The van der Waals surface area contributed by atoms with Crippen LogP contribution in [-0.2, 0) is 9.84 Å². The second-order valence-electron chi connectivity index (χ2n) is 4.69. The van der Waals surface area contributed by atoms with E-state index in [9.17, 15) is 21.6 Å². The maximum absolute atomic E-state index is 13.5. The zero-order chi connectivity index (χ0) is 16.8. The molecule has 2 aromatic rings. The van der Waals surface area contributed by atoms with Crippen LogP contribution in [0.25, 0.3) is 0 Å². The number of sulfone groups is 1. The van der Waals surface area contributed by atoms with E-state index in [1.165, 1.54) is 6.07 Å². The van der Waals surface area contributed by atoms with Crippen molar-refractivity contribution in [3.8, 4) is 6.07 Å². The molecule has 8 heteroatoms. The smallest absolute Gasteiger partial charge is 0.220 e. The first-order chi connectivity index (χ1) is 10.8. The number of hydrogen-bond acceptors (Lipinski definition) is 4. The van der Waals surface area contributed by atoms with Gasteiger partial charge in [0, 0.05) is 18.0 Å². The van der Waals surface area contributed by atoms with Crippen molar-refractivity contribution in [3.63, 3.8) is 0 Å². The molecule has 0 aromatic heterocycles. The lowest BCUT2D eigenvalue weighted by Gasteiger charge is -2.27. The second kappa shape index (κ2) is 5.14. The SMILES string of the molecule is N#CC1=CN(c2ccc(F)c(F)c2)c2cc(F)ccc2S1(=O)=O. The first-order valence-corrected chi connectivity index (χ1v) is 7.74. The Morgan fingerprint density at radius 3 is 2.39 bits per heavy atom. The molecule has 3 rings (SSSR count). The Labute approximate surface area is 129 Å². The third kappa shape index (κ3) is 2.35. The standard InChI is InChI=1S/C15H7F3N2O2S/c16-9-1-4-15-14(5-9)20(8-11(7-19)23(15,21)22)10-2-3-12(17)13(18)6-10/h1-6,8H. The lowest BCUT2D eigenvalue weighted by Crippen LogP contribution is -2.21. The maximum Gasteiger partial charge on any atom is 0.220 e. The Kier molecular flexibility index (Phi) is 3.38. The van der Waals surface area contributed by atoms with Crippen LogP contribution in [0.4, 0.5) is 24.5 Å². The van der Waals surface area contributed by atoms with Crippen molar-refractivity contribution in [2.45, 2.75) is 4.90 Å². The summed E-state index contributed by atoms with van der Waals surface area (Å²) in [6.45, 7) is 0. The average molecular weight is 336 g/mol. The van der Waals surface area contributed by atoms with E-state index in [2.05, 4.69) is 0 Å². The highest BCUT2D eigenvalue weighted by atomic mass is 32.2. The molecule has 1 aliphatic rings. The van der Waals surface area contributed by atoms with Crippen LogP contribution >= 0.6 is 0 Å². The second-order valence-corrected chi connectivity index (χ2v) is 6.58. The monoisotopic (exact) mass is 336 g/mol. The van der Waals surface area contributed by atoms with Crippen LogP contribution in [0.5, 0.6) is 0 Å². The topological polar surface area (TPSA) is 61.2 Å². The van der Waals surface area contributed by atoms with Gasteiger partial charge in [0.15, 0.2) is 16.5 Å². The quantitative estimate of drug-likeness (QED) is 0.749. The molecular weight excluding hydrogens is 329 g/mol. The predicted octanol–water partition coefficient (Wildman–Crippen LogP) is 3.39. The largest absolute Gasteiger partial charge is 0.314 e. The number of nitriles is 1. The Balaban J connectivity index is 2.30. The molecule has 0 radical (unpaired) electrons. The minimum absolute atomic E-state index is 0.0541. The molecule has 0 unspecified atom stereocenters. The summed E-state index contributed by atoms with van der Waals surface area (Å²) in [5, 5.41) is 9.04. The van der Waals surface area contributed by atoms with Gasteiger partial charge in [0.1, 0.15) is 11.9 Å². The molecule has 0 spiro atoms. The molecule has 4 nitrogen and oxygen atoms in total. The van der Waals surface area contributed by atoms with Crippen molar-refractivity contribution >= 4 is 21.2 Å². The van der Waals surface area contributed by atoms with Gasteiger partial charge in [-0.25, -0.2) is 21.6 Å². The molecule has 0 N–H and O–H groups in total. The zero-order valence-corrected chi connectivity index (χ0v) is 12.1. The lowest BCUT2D eigenvalue weighted by atomic mass is 10.2. The summed E-state index contributed by atoms with van der Waals surface area (Å²) in [6, 6.07) is 7.33. The molecule has 2 aromatic carbocycles. The predicted molar refractivity (Wildman–Crippen MR) is 75.8 cm³/mol. The van der Waals surface area contributed by atoms with E-state index >= 15 is 0 Å². The summed E-state index contributed by atoms with van der Waals surface area (Å²) in [5.41, 5.74) is -0.0339. The summed E-state index contributed by atoms with van der Waals surface area (Å²) >= 11 is 0. The van der Waals surface area contributed by atoms with Crippen LogP contribution in [0, 0.1) is 28.8 Å². The van der Waals surface area contributed by atoms with E-state index < -0.39 is 32.2 Å². The molecule has 0 saturated heterocycles. The van der Waals surface area contributed by atoms with Gasteiger partial charge >= 0.3 is 0 Å². The van der Waals surface area contributed by atoms with Crippen LogP contribution in [0.2, 0.25) is 0 Å². The van der Waals surface area contributed by atoms with Gasteiger partial charge in [0.05, 0.1) is 10.6 Å². The molecule has 0 bridgehead atoms. The van der Waals surface area contributed by atoms with Crippen LogP contribution < -0.4 is 4.90 Å². The van der Waals surface area contributed by atoms with E-state index in [1.807, 2.05) is 0 Å². The van der Waals surface area contributed by atoms with Gasteiger partial charge in [-0.15, -0.1) is 0 Å². The highest BCUT2D eigenvalue weighted by molar-refractivity contribution is 7.95. The van der Waals surface area contributed by atoms with Gasteiger partial charge in [-0.1, -0.05) is 0 Å². The van der Waals surface area contributed by atoms with Crippen LogP contribution in [0.1, 0.15) is 0 Å². The van der Waals surface area contributed by atoms with Gasteiger partial charge in [-0.3, -0.25) is 0 Å². The van der Waals surface area contributed by atoms with E-state index in [0.717, 1.165) is 41.4 Å². The van der Waals surface area contributed by atoms with Crippen molar-refractivity contribution in [1.82, 2.24) is 0 Å². The number of halogens is 3. The number of rotatable bonds is 1. The first kappa shape index (κ1) is 15.1. The van der Waals surface area contributed by atoms with Gasteiger partial charge < -0.3 is 4.90 Å². The molecular formula is C15H7F3N2O2S. The van der Waals surface area contributed by atoms with Crippen LogP contribution in [-0.4, -0.2) is 8.42 Å². The van der Waals surface area contributed by atoms with E-state index in [0.29, 0.717) is 0 Å². The minimum atomic E-state index is -4.09. The maximum atomic E-state index is 13.5. The molecule has 1 heterocycles. The number of fused-ring (bicyclic) bond motifs is 1. The fraction of sp³-hybridized carbons (Fsp3) is 0. The fourth-order valence-corrected chi connectivity index (χ4v) is 3.50. The summed E-state index contributed by atoms with van der Waals surface area (Å²) < 4.78 is 64.6. The number of anilines is 2. The molecule has 116 valence electrons. The molecule has 0 fully saturated rings. The van der Waals surface area contributed by atoms with Crippen molar-refractivity contribution in [1.29, 1.82) is 5.26 Å². The van der Waals surface area contributed by atoms with Crippen molar-refractivity contribution in [3.05, 3.63) is 65.0 Å². The van der Waals surface area contributed by atoms with E-state index in [4.69, 9.17) is 5.26 Å². The molecule has 0 atom stereocenters. The highest BCUT2D eigenvalue weighted by Crippen LogP contribution is 2.39. The van der Waals surface area contributed by atoms with Crippen LogP contribution in [0.15, 0.2) is 52.4 Å². The number of nitrogens with zero attached hydrogens (tertiary/aromatic N) is 2. The van der Waals surface area contributed by atoms with E-state index in [-0.39, 0.29) is 16.3 Å². The fourth-order valence-electron chi connectivity index (χ4n) is 2.22. The third-order valence-corrected chi connectivity index (χ3v) is 5.00. The van der Waals surface area contributed by atoms with Gasteiger partial charge in [-0.2, -0.15) is 5.26 Å². The molecule has 1 aliphatic heterocycles. The Morgan fingerprint density at radius 1 is 1.00 bits per heavy atom. The van der Waals surface area contributed by atoms with Crippen LogP contribution in [0.3, 0.4) is 0 Å². The molecule has 0 saturated carbocycles. The summed E-state index contributed by atoms with van der Waals surface area (Å²) in [7, 11) is -4.09. The number of benzene rings is 2. The van der Waals surface area contributed by atoms with Gasteiger partial charge in [0.2, 0.25) is 9.84 Å². The minimum Gasteiger partial charge on any atom is -0.314 e. The highest BCUT2D eigenvalue weighted by Gasteiger charge is 2.32. The summed E-state index contributed by atoms with van der Waals surface area (Å²) in [4.78, 5) is 0.254. The Hall–Kier alpha value is -2.79. The van der Waals surface area contributed by atoms with Gasteiger partial charge in [-0.05, 0) is 30.3 Å². The number of hydrogen-bond donors (Lipinski definition) is 0. The molecule has 0 aliphatic carbocycles. The summed E-state index contributed by atoms with van der Waals surface area (Å²) in [6.07, 6.45) is 0.948. The van der Waals surface area contributed by atoms with Crippen molar-refractivity contribution < 1.29 is 21.6 Å². The van der Waals surface area contributed by atoms with Crippen molar-refractivity contribution in [2.24, 2.45) is 0 Å². The van der Waals surface area contributed by atoms with Gasteiger partial charge in [0.25, 0.3) is 0 Å². The first-order valence-electron chi connectivity index (χ1n) is 6.25. The molecule has 0 amide bonds.